The van der Waals surface area contributed by atoms with Crippen LogP contribution in [0.1, 0.15) is 22.7 Å². The van der Waals surface area contributed by atoms with Gasteiger partial charge in [-0.25, -0.2) is 4.39 Å². The lowest BCUT2D eigenvalue weighted by Crippen LogP contribution is -2.45. The summed E-state index contributed by atoms with van der Waals surface area (Å²) in [6.45, 7) is 6.02. The molecular formula is C18H21FN2. The molecule has 1 fully saturated rings. The minimum atomic E-state index is -0.167. The lowest BCUT2D eigenvalue weighted by molar-refractivity contribution is 0.198. The van der Waals surface area contributed by atoms with Crippen LogP contribution in [0.15, 0.2) is 48.5 Å². The second kappa shape index (κ2) is 6.37. The van der Waals surface area contributed by atoms with E-state index in [2.05, 4.69) is 41.4 Å². The number of aryl methyl sites for hydroxylation is 1. The van der Waals surface area contributed by atoms with Gasteiger partial charge in [-0.15, -0.1) is 0 Å². The standard InChI is InChI=1S/C18H21FN2/c1-14-5-7-15(8-6-14)18(21-11-9-20-10-12-21)16-3-2-4-17(19)13-16/h2-8,13,18,20H,9-12H2,1H3. The monoisotopic (exact) mass is 284 g/mol. The molecule has 1 N–H and O–H groups in total. The highest BCUT2D eigenvalue weighted by molar-refractivity contribution is 5.34. The van der Waals surface area contributed by atoms with Crippen LogP contribution in [0, 0.1) is 12.7 Å². The van der Waals surface area contributed by atoms with Crippen molar-refractivity contribution in [2.75, 3.05) is 26.2 Å². The molecule has 1 saturated heterocycles. The van der Waals surface area contributed by atoms with Crippen LogP contribution < -0.4 is 5.32 Å². The molecule has 0 radical (unpaired) electrons. The van der Waals surface area contributed by atoms with Crippen LogP contribution in [-0.2, 0) is 0 Å². The normalized spacial score (nSPS) is 17.6. The van der Waals surface area contributed by atoms with Crippen molar-refractivity contribution < 1.29 is 4.39 Å². The van der Waals surface area contributed by atoms with Crippen molar-refractivity contribution in [1.29, 1.82) is 0 Å². The number of halogens is 1. The molecular weight excluding hydrogens is 263 g/mol. The van der Waals surface area contributed by atoms with Crippen molar-refractivity contribution in [2.24, 2.45) is 0 Å². The minimum Gasteiger partial charge on any atom is -0.314 e. The molecule has 0 spiro atoms. The summed E-state index contributed by atoms with van der Waals surface area (Å²) in [5, 5.41) is 3.38. The summed E-state index contributed by atoms with van der Waals surface area (Å²) in [4.78, 5) is 2.43. The number of hydrogen-bond donors (Lipinski definition) is 1. The zero-order chi connectivity index (χ0) is 14.7. The van der Waals surface area contributed by atoms with E-state index in [9.17, 15) is 4.39 Å². The maximum Gasteiger partial charge on any atom is 0.123 e. The summed E-state index contributed by atoms with van der Waals surface area (Å²) >= 11 is 0. The van der Waals surface area contributed by atoms with Gasteiger partial charge in [0.2, 0.25) is 0 Å². The van der Waals surface area contributed by atoms with Gasteiger partial charge in [0, 0.05) is 26.2 Å². The van der Waals surface area contributed by atoms with Crippen molar-refractivity contribution in [2.45, 2.75) is 13.0 Å². The van der Waals surface area contributed by atoms with E-state index < -0.39 is 0 Å². The number of nitrogens with zero attached hydrogens (tertiary/aromatic N) is 1. The highest BCUT2D eigenvalue weighted by atomic mass is 19.1. The van der Waals surface area contributed by atoms with Gasteiger partial charge >= 0.3 is 0 Å². The Morgan fingerprint density at radius 3 is 2.38 bits per heavy atom. The molecule has 1 unspecified atom stereocenters. The molecule has 3 heteroatoms. The highest BCUT2D eigenvalue weighted by Gasteiger charge is 2.23. The second-order valence-electron chi connectivity index (χ2n) is 5.65. The summed E-state index contributed by atoms with van der Waals surface area (Å²) in [6.07, 6.45) is 0. The predicted octanol–water partition coefficient (Wildman–Crippen LogP) is 3.13. The Bertz CT molecular complexity index is 588. The third-order valence-corrected chi connectivity index (χ3v) is 4.07. The van der Waals surface area contributed by atoms with Crippen LogP contribution in [0.5, 0.6) is 0 Å². The zero-order valence-corrected chi connectivity index (χ0v) is 12.3. The first kappa shape index (κ1) is 14.2. The van der Waals surface area contributed by atoms with Crippen molar-refractivity contribution >= 4 is 0 Å². The third kappa shape index (κ3) is 3.31. The van der Waals surface area contributed by atoms with Gasteiger partial charge in [0.1, 0.15) is 5.82 Å². The molecule has 2 aromatic carbocycles. The molecule has 3 rings (SSSR count). The van der Waals surface area contributed by atoms with Crippen LogP contribution in [0.4, 0.5) is 4.39 Å². The van der Waals surface area contributed by atoms with Crippen LogP contribution in [0.2, 0.25) is 0 Å². The molecule has 2 nitrogen and oxygen atoms in total. The highest BCUT2D eigenvalue weighted by Crippen LogP contribution is 2.29. The van der Waals surface area contributed by atoms with Crippen molar-refractivity contribution in [1.82, 2.24) is 10.2 Å². The Morgan fingerprint density at radius 2 is 1.71 bits per heavy atom. The summed E-state index contributed by atoms with van der Waals surface area (Å²) in [7, 11) is 0. The van der Waals surface area contributed by atoms with Gasteiger partial charge in [0.15, 0.2) is 0 Å². The summed E-state index contributed by atoms with van der Waals surface area (Å²) in [5.41, 5.74) is 3.51. The maximum atomic E-state index is 13.6. The van der Waals surface area contributed by atoms with Crippen LogP contribution in [-0.4, -0.2) is 31.1 Å². The number of piperazine rings is 1. The number of hydrogen-bond acceptors (Lipinski definition) is 2. The fraction of sp³-hybridized carbons (Fsp3) is 0.333. The van der Waals surface area contributed by atoms with Gasteiger partial charge in [-0.1, -0.05) is 42.0 Å². The van der Waals surface area contributed by atoms with E-state index in [-0.39, 0.29) is 11.9 Å². The molecule has 0 saturated carbocycles. The average Bonchev–Trinajstić information content (AvgIpc) is 2.51. The average molecular weight is 284 g/mol. The van der Waals surface area contributed by atoms with Gasteiger partial charge in [-0.2, -0.15) is 0 Å². The minimum absolute atomic E-state index is 0.128. The van der Waals surface area contributed by atoms with Gasteiger partial charge in [0.05, 0.1) is 6.04 Å². The third-order valence-electron chi connectivity index (χ3n) is 4.07. The zero-order valence-electron chi connectivity index (χ0n) is 12.3. The maximum absolute atomic E-state index is 13.6. The number of rotatable bonds is 3. The summed E-state index contributed by atoms with van der Waals surface area (Å²) in [5.74, 6) is -0.167. The van der Waals surface area contributed by atoms with Crippen LogP contribution >= 0.6 is 0 Å². The number of benzene rings is 2. The predicted molar refractivity (Wildman–Crippen MR) is 83.9 cm³/mol. The van der Waals surface area contributed by atoms with Crippen LogP contribution in [0.3, 0.4) is 0 Å². The van der Waals surface area contributed by atoms with Gasteiger partial charge in [-0.3, -0.25) is 4.90 Å². The largest absolute Gasteiger partial charge is 0.314 e. The number of nitrogens with one attached hydrogen (secondary N) is 1. The summed E-state index contributed by atoms with van der Waals surface area (Å²) in [6, 6.07) is 15.7. The molecule has 1 aliphatic heterocycles. The van der Waals surface area contributed by atoms with E-state index in [1.165, 1.54) is 17.2 Å². The van der Waals surface area contributed by atoms with E-state index in [0.29, 0.717) is 0 Å². The molecule has 1 atom stereocenters. The Kier molecular flexibility index (Phi) is 4.32. The summed E-state index contributed by atoms with van der Waals surface area (Å²) < 4.78 is 13.6. The van der Waals surface area contributed by atoms with Gasteiger partial charge in [-0.05, 0) is 30.2 Å². The molecule has 1 heterocycles. The quantitative estimate of drug-likeness (QED) is 0.931. The lowest BCUT2D eigenvalue weighted by atomic mass is 9.95. The SMILES string of the molecule is Cc1ccc(C(c2cccc(F)c2)N2CCNCC2)cc1. The second-order valence-corrected chi connectivity index (χ2v) is 5.65. The van der Waals surface area contributed by atoms with Crippen molar-refractivity contribution in [3.8, 4) is 0 Å². The topological polar surface area (TPSA) is 15.3 Å². The fourth-order valence-corrected chi connectivity index (χ4v) is 2.98. The first-order valence-electron chi connectivity index (χ1n) is 7.51. The van der Waals surface area contributed by atoms with E-state index in [0.717, 1.165) is 31.7 Å². The van der Waals surface area contributed by atoms with E-state index in [4.69, 9.17) is 0 Å². The molecule has 110 valence electrons. The molecule has 0 aromatic heterocycles. The Labute approximate surface area is 125 Å². The molecule has 21 heavy (non-hydrogen) atoms. The Hall–Kier alpha value is -1.71. The first-order valence-corrected chi connectivity index (χ1v) is 7.51. The molecule has 1 aliphatic rings. The van der Waals surface area contributed by atoms with Crippen molar-refractivity contribution in [3.63, 3.8) is 0 Å². The van der Waals surface area contributed by atoms with E-state index in [1.54, 1.807) is 12.1 Å². The molecule has 0 aliphatic carbocycles. The molecule has 0 bridgehead atoms. The fourth-order valence-electron chi connectivity index (χ4n) is 2.98. The van der Waals surface area contributed by atoms with E-state index in [1.807, 2.05) is 6.07 Å². The smallest absolute Gasteiger partial charge is 0.123 e. The lowest BCUT2D eigenvalue weighted by Gasteiger charge is -2.35. The Morgan fingerprint density at radius 1 is 1.00 bits per heavy atom. The van der Waals surface area contributed by atoms with Crippen molar-refractivity contribution in [3.05, 3.63) is 71.0 Å². The van der Waals surface area contributed by atoms with Gasteiger partial charge in [0.25, 0.3) is 0 Å². The first-order chi connectivity index (χ1) is 10.2. The van der Waals surface area contributed by atoms with E-state index >= 15 is 0 Å². The Balaban J connectivity index is 1.99. The molecule has 0 amide bonds. The van der Waals surface area contributed by atoms with Gasteiger partial charge < -0.3 is 5.32 Å². The van der Waals surface area contributed by atoms with Crippen LogP contribution in [0.25, 0.3) is 0 Å². The molecule has 2 aromatic rings.